The number of rotatable bonds is 4. The summed E-state index contributed by atoms with van der Waals surface area (Å²) < 4.78 is 13.6. The molecule has 0 bridgehead atoms. The van der Waals surface area contributed by atoms with Gasteiger partial charge in [0.25, 0.3) is 0 Å². The number of amides is 2. The van der Waals surface area contributed by atoms with Gasteiger partial charge in [0.2, 0.25) is 0 Å². The van der Waals surface area contributed by atoms with Gasteiger partial charge in [0.15, 0.2) is 0 Å². The molecule has 2 aromatic carbocycles. The molecule has 6 heteroatoms. The van der Waals surface area contributed by atoms with Crippen LogP contribution in [0.2, 0.25) is 0 Å². The Morgan fingerprint density at radius 1 is 1.19 bits per heavy atom. The molecular weight excluding hydrogens is 361 g/mol. The van der Waals surface area contributed by atoms with Crippen molar-refractivity contribution in [1.29, 1.82) is 0 Å². The Hall–Kier alpha value is -2.21. The lowest BCUT2D eigenvalue weighted by atomic mass is 10.0. The lowest BCUT2D eigenvalue weighted by Crippen LogP contribution is -2.41. The lowest BCUT2D eigenvalue weighted by Gasteiger charge is -2.26. The normalized spacial score (nSPS) is 21.6. The molecule has 2 N–H and O–H groups in total. The van der Waals surface area contributed by atoms with E-state index in [2.05, 4.69) is 39.8 Å². The number of halogens is 1. The second-order valence-corrected chi connectivity index (χ2v) is 8.30. The molecule has 1 fully saturated rings. The molecule has 0 saturated carbocycles. The fourth-order valence-corrected chi connectivity index (χ4v) is 4.94. The van der Waals surface area contributed by atoms with Crippen molar-refractivity contribution in [2.75, 3.05) is 30.3 Å². The third kappa shape index (κ3) is 4.38. The molecule has 2 atom stereocenters. The highest BCUT2D eigenvalue weighted by molar-refractivity contribution is 7.99. The van der Waals surface area contributed by atoms with Gasteiger partial charge in [-0.15, -0.1) is 11.8 Å². The van der Waals surface area contributed by atoms with E-state index in [4.69, 9.17) is 0 Å². The third-order valence-corrected chi connectivity index (χ3v) is 6.40. The van der Waals surface area contributed by atoms with E-state index in [1.807, 2.05) is 6.07 Å². The number of hydrogen-bond acceptors (Lipinski definition) is 3. The maximum absolute atomic E-state index is 13.6. The Labute approximate surface area is 163 Å². The first-order chi connectivity index (χ1) is 13.2. The summed E-state index contributed by atoms with van der Waals surface area (Å²) in [6, 6.07) is 14.9. The zero-order valence-electron chi connectivity index (χ0n) is 15.2. The van der Waals surface area contributed by atoms with Crippen molar-refractivity contribution in [3.63, 3.8) is 0 Å². The third-order valence-electron chi connectivity index (χ3n) is 5.28. The number of para-hydroxylation sites is 1. The Bertz CT molecular complexity index is 801. The minimum absolute atomic E-state index is 0.124. The van der Waals surface area contributed by atoms with E-state index in [1.165, 1.54) is 11.8 Å². The quantitative estimate of drug-likeness (QED) is 0.830. The molecule has 2 aliphatic rings. The van der Waals surface area contributed by atoms with Gasteiger partial charge in [0, 0.05) is 36.0 Å². The number of nitrogens with one attached hydrogen (secondary N) is 2. The van der Waals surface area contributed by atoms with Gasteiger partial charge in [-0.1, -0.05) is 18.2 Å². The smallest absolute Gasteiger partial charge is 0.315 e. The molecule has 142 valence electrons. The summed E-state index contributed by atoms with van der Waals surface area (Å²) >= 11 is 1.72. The zero-order chi connectivity index (χ0) is 18.6. The number of benzene rings is 2. The standard InChI is InChI=1S/C21H24FN3OS/c22-16-6-7-20-18(12-16)19(9-11-27-20)24-21(26)23-13-15-8-10-25(14-15)17-4-2-1-3-5-17/h1-7,12,15,19H,8-11,13-14H2,(H2,23,24,26)/t15-,19+/m1/s1. The summed E-state index contributed by atoms with van der Waals surface area (Å²) in [6.45, 7) is 2.63. The summed E-state index contributed by atoms with van der Waals surface area (Å²) in [5.74, 6) is 1.12. The molecule has 1 saturated heterocycles. The first-order valence-corrected chi connectivity index (χ1v) is 10.4. The highest BCUT2D eigenvalue weighted by Gasteiger charge is 2.25. The molecular formula is C21H24FN3OS. The van der Waals surface area contributed by atoms with Gasteiger partial charge in [0.05, 0.1) is 6.04 Å². The second kappa shape index (κ2) is 8.21. The van der Waals surface area contributed by atoms with Crippen molar-refractivity contribution in [1.82, 2.24) is 10.6 Å². The van der Waals surface area contributed by atoms with Crippen LogP contribution >= 0.6 is 11.8 Å². The number of fused-ring (bicyclic) bond motifs is 1. The van der Waals surface area contributed by atoms with Crippen molar-refractivity contribution >= 4 is 23.5 Å². The minimum atomic E-state index is -0.254. The second-order valence-electron chi connectivity index (χ2n) is 7.16. The fourth-order valence-electron chi connectivity index (χ4n) is 3.83. The number of urea groups is 1. The molecule has 2 aliphatic heterocycles. The van der Waals surface area contributed by atoms with Gasteiger partial charge in [-0.3, -0.25) is 0 Å². The van der Waals surface area contributed by atoms with Gasteiger partial charge in [-0.25, -0.2) is 9.18 Å². The number of anilines is 1. The SMILES string of the molecule is O=C(NC[C@H]1CCN(c2ccccc2)C1)N[C@H]1CCSc2ccc(F)cc21. The number of nitrogens with zero attached hydrogens (tertiary/aromatic N) is 1. The molecule has 4 nitrogen and oxygen atoms in total. The van der Waals surface area contributed by atoms with E-state index in [1.54, 1.807) is 23.9 Å². The van der Waals surface area contributed by atoms with E-state index in [-0.39, 0.29) is 17.9 Å². The lowest BCUT2D eigenvalue weighted by molar-refractivity contribution is 0.235. The molecule has 0 aliphatic carbocycles. The Balaban J connectivity index is 1.28. The first kappa shape index (κ1) is 18.2. The van der Waals surface area contributed by atoms with E-state index in [0.29, 0.717) is 12.5 Å². The van der Waals surface area contributed by atoms with Crippen LogP contribution in [-0.2, 0) is 0 Å². The average molecular weight is 386 g/mol. The molecule has 0 radical (unpaired) electrons. The molecule has 2 heterocycles. The molecule has 2 amide bonds. The minimum Gasteiger partial charge on any atom is -0.371 e. The van der Waals surface area contributed by atoms with Crippen molar-refractivity contribution in [2.45, 2.75) is 23.8 Å². The van der Waals surface area contributed by atoms with Crippen molar-refractivity contribution in [3.8, 4) is 0 Å². The number of carbonyl (C=O) groups is 1. The van der Waals surface area contributed by atoms with Crippen LogP contribution in [-0.4, -0.2) is 31.4 Å². The summed E-state index contributed by atoms with van der Waals surface area (Å²) in [5.41, 5.74) is 2.13. The average Bonchev–Trinajstić information content (AvgIpc) is 3.17. The first-order valence-electron chi connectivity index (χ1n) is 9.45. The van der Waals surface area contributed by atoms with Crippen LogP contribution in [0.5, 0.6) is 0 Å². The molecule has 0 unspecified atom stereocenters. The van der Waals surface area contributed by atoms with Crippen LogP contribution in [0.25, 0.3) is 0 Å². The van der Waals surface area contributed by atoms with E-state index in [0.717, 1.165) is 42.1 Å². The van der Waals surface area contributed by atoms with Crippen LogP contribution in [0, 0.1) is 11.7 Å². The summed E-state index contributed by atoms with van der Waals surface area (Å²) in [7, 11) is 0. The van der Waals surface area contributed by atoms with Crippen LogP contribution in [0.3, 0.4) is 0 Å². The van der Waals surface area contributed by atoms with Crippen LogP contribution in [0.4, 0.5) is 14.9 Å². The predicted octanol–water partition coefficient (Wildman–Crippen LogP) is 4.19. The van der Waals surface area contributed by atoms with Crippen molar-refractivity contribution < 1.29 is 9.18 Å². The van der Waals surface area contributed by atoms with Crippen molar-refractivity contribution in [3.05, 3.63) is 59.9 Å². The van der Waals surface area contributed by atoms with Gasteiger partial charge in [-0.05, 0) is 54.7 Å². The van der Waals surface area contributed by atoms with E-state index in [9.17, 15) is 9.18 Å². The number of thioether (sulfide) groups is 1. The molecule has 2 aromatic rings. The van der Waals surface area contributed by atoms with E-state index >= 15 is 0 Å². The number of carbonyl (C=O) groups excluding carboxylic acids is 1. The highest BCUT2D eigenvalue weighted by Crippen LogP contribution is 2.36. The van der Waals surface area contributed by atoms with Crippen LogP contribution in [0.15, 0.2) is 53.4 Å². The van der Waals surface area contributed by atoms with Crippen molar-refractivity contribution in [2.24, 2.45) is 5.92 Å². The monoisotopic (exact) mass is 385 g/mol. The fraction of sp³-hybridized carbons (Fsp3) is 0.381. The summed E-state index contributed by atoms with van der Waals surface area (Å²) in [5, 5.41) is 6.04. The van der Waals surface area contributed by atoms with Gasteiger partial charge in [-0.2, -0.15) is 0 Å². The zero-order valence-corrected chi connectivity index (χ0v) is 16.0. The Morgan fingerprint density at radius 2 is 2.04 bits per heavy atom. The maximum Gasteiger partial charge on any atom is 0.315 e. The topological polar surface area (TPSA) is 44.4 Å². The molecule has 4 rings (SSSR count). The summed E-state index contributed by atoms with van der Waals surface area (Å²) in [6.07, 6.45) is 1.89. The Kier molecular flexibility index (Phi) is 5.53. The number of hydrogen-bond donors (Lipinski definition) is 2. The predicted molar refractivity (Wildman–Crippen MR) is 108 cm³/mol. The van der Waals surface area contributed by atoms with Gasteiger partial charge < -0.3 is 15.5 Å². The molecule has 27 heavy (non-hydrogen) atoms. The van der Waals surface area contributed by atoms with Gasteiger partial charge >= 0.3 is 6.03 Å². The van der Waals surface area contributed by atoms with Crippen LogP contribution < -0.4 is 15.5 Å². The van der Waals surface area contributed by atoms with E-state index < -0.39 is 0 Å². The Morgan fingerprint density at radius 3 is 2.89 bits per heavy atom. The molecule has 0 spiro atoms. The summed E-state index contributed by atoms with van der Waals surface area (Å²) in [4.78, 5) is 15.8. The van der Waals surface area contributed by atoms with Gasteiger partial charge in [0.1, 0.15) is 5.82 Å². The molecule has 0 aromatic heterocycles. The van der Waals surface area contributed by atoms with Crippen LogP contribution in [0.1, 0.15) is 24.4 Å². The largest absolute Gasteiger partial charge is 0.371 e. The highest BCUT2D eigenvalue weighted by atomic mass is 32.2. The maximum atomic E-state index is 13.6.